The van der Waals surface area contributed by atoms with Gasteiger partial charge in [0, 0.05) is 6.20 Å². The first-order valence-corrected chi connectivity index (χ1v) is 9.05. The number of anilines is 1. The number of aromatic nitrogens is 2. The van der Waals surface area contributed by atoms with Crippen molar-refractivity contribution in [1.29, 1.82) is 0 Å². The van der Waals surface area contributed by atoms with Gasteiger partial charge in [-0.25, -0.2) is 0 Å². The van der Waals surface area contributed by atoms with E-state index >= 15 is 0 Å². The molecule has 1 fully saturated rings. The van der Waals surface area contributed by atoms with Gasteiger partial charge >= 0.3 is 6.01 Å². The predicted molar refractivity (Wildman–Crippen MR) is 100 cm³/mol. The van der Waals surface area contributed by atoms with Crippen molar-refractivity contribution in [2.45, 2.75) is 25.6 Å². The number of rotatable bonds is 3. The Kier molecular flexibility index (Phi) is 4.67. The summed E-state index contributed by atoms with van der Waals surface area (Å²) < 4.78 is 5.67. The average molecular weight is 407 g/mol. The van der Waals surface area contributed by atoms with Crippen LogP contribution in [-0.2, 0) is 11.2 Å². The highest BCUT2D eigenvalue weighted by Crippen LogP contribution is 2.27. The highest BCUT2D eigenvalue weighted by Gasteiger charge is 2.41. The maximum Gasteiger partial charge on any atom is 0.322 e. The van der Waals surface area contributed by atoms with Gasteiger partial charge in [0.15, 0.2) is 6.23 Å². The minimum Gasteiger partial charge on any atom is -0.408 e. The van der Waals surface area contributed by atoms with Crippen LogP contribution in [0.15, 0.2) is 46.5 Å². The molecule has 1 aromatic carbocycles. The van der Waals surface area contributed by atoms with E-state index in [0.29, 0.717) is 22.4 Å². The zero-order chi connectivity index (χ0) is 19.1. The second-order valence-electron chi connectivity index (χ2n) is 6.48. The second kappa shape index (κ2) is 6.99. The quantitative estimate of drug-likeness (QED) is 0.838. The normalized spacial score (nSPS) is 22.1. The Morgan fingerprint density at radius 3 is 2.89 bits per heavy atom. The van der Waals surface area contributed by atoms with E-state index < -0.39 is 12.3 Å². The Labute approximate surface area is 165 Å². The van der Waals surface area contributed by atoms with Gasteiger partial charge < -0.3 is 14.4 Å². The molecule has 3 heterocycles. The lowest BCUT2D eigenvalue weighted by Crippen LogP contribution is -2.60. The molecule has 2 aliphatic heterocycles. The number of benzene rings is 1. The van der Waals surface area contributed by atoms with Gasteiger partial charge in [-0.2, -0.15) is 0 Å². The number of allylic oxidation sites excluding steroid dienone is 2. The molecule has 0 radical (unpaired) electrons. The fourth-order valence-electron chi connectivity index (χ4n) is 3.11. The molecule has 0 saturated carbocycles. The molecule has 2 aromatic rings. The highest BCUT2D eigenvalue weighted by atomic mass is 35.5. The molecular weight excluding hydrogens is 391 g/mol. The van der Waals surface area contributed by atoms with Crippen LogP contribution in [0.3, 0.4) is 0 Å². The molecular formula is C18H16Cl2N4O3. The number of aliphatic hydroxyl groups is 1. The summed E-state index contributed by atoms with van der Waals surface area (Å²) >= 11 is 11.9. The van der Waals surface area contributed by atoms with Gasteiger partial charge in [0.2, 0.25) is 11.7 Å². The standard InChI is InChI=1S/C18H16Cl2N4O3/c1-10-2-5-14-16(25)17(26)24(9-23(14)8-10)18-22-21-15(27-18)7-11-3-4-12(19)13(20)6-11/h2-6,8,14,17,26H,7,9H2,1H3. The molecule has 1 aromatic heterocycles. The van der Waals surface area contributed by atoms with Crippen LogP contribution in [-0.4, -0.2) is 44.9 Å². The molecule has 2 aliphatic rings. The summed E-state index contributed by atoms with van der Waals surface area (Å²) in [6.07, 6.45) is 4.52. The van der Waals surface area contributed by atoms with E-state index in [4.69, 9.17) is 27.6 Å². The molecule has 2 atom stereocenters. The highest BCUT2D eigenvalue weighted by molar-refractivity contribution is 6.42. The third-order valence-corrected chi connectivity index (χ3v) is 5.21. The fourth-order valence-corrected chi connectivity index (χ4v) is 3.43. The number of fused-ring (bicyclic) bond motifs is 1. The molecule has 0 bridgehead atoms. The van der Waals surface area contributed by atoms with Crippen LogP contribution in [0.25, 0.3) is 0 Å². The molecule has 2 unspecified atom stereocenters. The van der Waals surface area contributed by atoms with E-state index in [0.717, 1.165) is 11.1 Å². The summed E-state index contributed by atoms with van der Waals surface area (Å²) in [6.45, 7) is 2.20. The summed E-state index contributed by atoms with van der Waals surface area (Å²) in [7, 11) is 0. The molecule has 7 nitrogen and oxygen atoms in total. The zero-order valence-corrected chi connectivity index (χ0v) is 15.9. The predicted octanol–water partition coefficient (Wildman–Crippen LogP) is 2.78. The van der Waals surface area contributed by atoms with Crippen LogP contribution in [0.4, 0.5) is 6.01 Å². The third-order valence-electron chi connectivity index (χ3n) is 4.47. The smallest absolute Gasteiger partial charge is 0.322 e. The van der Waals surface area contributed by atoms with Gasteiger partial charge in [-0.05, 0) is 30.2 Å². The van der Waals surface area contributed by atoms with Crippen LogP contribution in [0, 0.1) is 0 Å². The first-order valence-electron chi connectivity index (χ1n) is 8.29. The van der Waals surface area contributed by atoms with Crippen LogP contribution in [0.1, 0.15) is 18.4 Å². The molecule has 9 heteroatoms. The zero-order valence-electron chi connectivity index (χ0n) is 14.3. The number of hydrogen-bond acceptors (Lipinski definition) is 7. The third kappa shape index (κ3) is 3.45. The van der Waals surface area contributed by atoms with Gasteiger partial charge in [0.05, 0.1) is 23.1 Å². The van der Waals surface area contributed by atoms with Gasteiger partial charge in [0.1, 0.15) is 6.04 Å². The number of carbonyl (C=O) groups is 1. The summed E-state index contributed by atoms with van der Waals surface area (Å²) in [5, 5.41) is 19.3. The van der Waals surface area contributed by atoms with Crippen molar-refractivity contribution in [3.63, 3.8) is 0 Å². The van der Waals surface area contributed by atoms with E-state index in [2.05, 4.69) is 10.2 Å². The minimum atomic E-state index is -1.35. The monoisotopic (exact) mass is 406 g/mol. The average Bonchev–Trinajstić information content (AvgIpc) is 3.09. The van der Waals surface area contributed by atoms with E-state index in [9.17, 15) is 9.90 Å². The Morgan fingerprint density at radius 1 is 1.30 bits per heavy atom. The minimum absolute atomic E-state index is 0.0879. The first-order chi connectivity index (χ1) is 12.9. The van der Waals surface area contributed by atoms with Crippen LogP contribution in [0.2, 0.25) is 10.0 Å². The Balaban J connectivity index is 1.54. The lowest BCUT2D eigenvalue weighted by Gasteiger charge is -2.42. The summed E-state index contributed by atoms with van der Waals surface area (Å²) in [5.41, 5.74) is 1.87. The van der Waals surface area contributed by atoms with E-state index in [1.54, 1.807) is 18.2 Å². The molecule has 0 amide bonds. The molecule has 0 spiro atoms. The maximum atomic E-state index is 12.5. The molecule has 4 rings (SSSR count). The summed E-state index contributed by atoms with van der Waals surface area (Å²) in [4.78, 5) is 15.7. The Morgan fingerprint density at radius 2 is 2.11 bits per heavy atom. The maximum absolute atomic E-state index is 12.5. The number of aliphatic hydroxyl groups excluding tert-OH is 1. The number of carbonyl (C=O) groups excluding carboxylic acids is 1. The summed E-state index contributed by atoms with van der Waals surface area (Å²) in [5.74, 6) is 0.000840. The van der Waals surface area contributed by atoms with Crippen molar-refractivity contribution in [3.8, 4) is 0 Å². The number of nitrogens with zero attached hydrogens (tertiary/aromatic N) is 4. The van der Waals surface area contributed by atoms with E-state index in [1.165, 1.54) is 4.90 Å². The topological polar surface area (TPSA) is 82.7 Å². The lowest BCUT2D eigenvalue weighted by molar-refractivity contribution is -0.133. The molecule has 1 N–H and O–H groups in total. The van der Waals surface area contributed by atoms with Crippen molar-refractivity contribution in [2.75, 3.05) is 11.6 Å². The van der Waals surface area contributed by atoms with Crippen molar-refractivity contribution in [1.82, 2.24) is 15.1 Å². The van der Waals surface area contributed by atoms with Gasteiger partial charge in [0.25, 0.3) is 0 Å². The Bertz CT molecular complexity index is 956. The molecule has 0 aliphatic carbocycles. The number of hydrogen-bond donors (Lipinski definition) is 1. The fraction of sp³-hybridized carbons (Fsp3) is 0.278. The largest absolute Gasteiger partial charge is 0.408 e. The van der Waals surface area contributed by atoms with E-state index in [1.807, 2.05) is 30.2 Å². The van der Waals surface area contributed by atoms with E-state index in [-0.39, 0.29) is 18.5 Å². The summed E-state index contributed by atoms with van der Waals surface area (Å²) in [6, 6.07) is 4.84. The van der Waals surface area contributed by atoms with Crippen molar-refractivity contribution < 1.29 is 14.3 Å². The SMILES string of the molecule is CC1=CN2CN(c3nnc(Cc4ccc(Cl)c(Cl)c4)o3)C(O)C(=O)C2C=C1. The Hall–Kier alpha value is -2.35. The van der Waals surface area contributed by atoms with Crippen LogP contribution in [0.5, 0.6) is 0 Å². The van der Waals surface area contributed by atoms with Crippen molar-refractivity contribution in [2.24, 2.45) is 0 Å². The number of Topliss-reactive ketones (excluding diaryl/α,β-unsaturated/α-hetero) is 1. The number of halogens is 2. The lowest BCUT2D eigenvalue weighted by atomic mass is 10.0. The second-order valence-corrected chi connectivity index (χ2v) is 7.30. The van der Waals surface area contributed by atoms with Gasteiger partial charge in [-0.3, -0.25) is 9.69 Å². The molecule has 140 valence electrons. The van der Waals surface area contributed by atoms with Crippen molar-refractivity contribution >= 4 is 35.0 Å². The number of ketones is 1. The van der Waals surface area contributed by atoms with Gasteiger partial charge in [-0.15, -0.1) is 5.10 Å². The van der Waals surface area contributed by atoms with Crippen molar-refractivity contribution in [3.05, 3.63) is 63.6 Å². The van der Waals surface area contributed by atoms with Crippen LogP contribution < -0.4 is 4.90 Å². The first kappa shape index (κ1) is 18.0. The molecule has 1 saturated heterocycles. The van der Waals surface area contributed by atoms with Crippen LogP contribution >= 0.6 is 23.2 Å². The van der Waals surface area contributed by atoms with Gasteiger partial charge in [-0.1, -0.05) is 46.5 Å². The molecule has 27 heavy (non-hydrogen) atoms.